The molecule has 2 heterocycles. The van der Waals surface area contributed by atoms with Crippen LogP contribution in [0.2, 0.25) is 0 Å². The molecule has 0 radical (unpaired) electrons. The van der Waals surface area contributed by atoms with Gasteiger partial charge in [-0.25, -0.2) is 0 Å². The standard InChI is InChI=1S/2C4H8O.2ClH.Ni/c2*1-2-4-5-3-1;;;/h2*1-4H2;2*1H;/q;;;;+2/p-2. The van der Waals surface area contributed by atoms with Gasteiger partial charge in [0, 0.05) is 26.4 Å². The molecule has 5 heteroatoms. The van der Waals surface area contributed by atoms with Crippen molar-refractivity contribution in [3.8, 4) is 0 Å². The molecule has 0 spiro atoms. The van der Waals surface area contributed by atoms with Gasteiger partial charge in [-0.1, -0.05) is 0 Å². The summed E-state index contributed by atoms with van der Waals surface area (Å²) in [5.74, 6) is 0. The first-order valence-electron chi connectivity index (χ1n) is 4.15. The van der Waals surface area contributed by atoms with Gasteiger partial charge in [-0.05, 0) is 25.7 Å². The maximum absolute atomic E-state index is 4.94. The zero-order valence-electron chi connectivity index (χ0n) is 7.55. The van der Waals surface area contributed by atoms with Crippen LogP contribution in [-0.2, 0) is 26.0 Å². The molecule has 0 saturated carbocycles. The molecule has 0 aromatic carbocycles. The molecule has 2 aliphatic rings. The molecule has 2 rings (SSSR count). The third kappa shape index (κ3) is 13.0. The van der Waals surface area contributed by atoms with E-state index < -0.39 is 0 Å². The number of halogens is 2. The first kappa shape index (κ1) is 19.5. The molecule has 0 N–H and O–H groups in total. The van der Waals surface area contributed by atoms with E-state index in [9.17, 15) is 0 Å². The first-order chi connectivity index (χ1) is 5.00. The van der Waals surface area contributed by atoms with Crippen LogP contribution >= 0.6 is 0 Å². The van der Waals surface area contributed by atoms with E-state index in [0.29, 0.717) is 0 Å². The van der Waals surface area contributed by atoms with Crippen molar-refractivity contribution in [2.45, 2.75) is 25.7 Å². The van der Waals surface area contributed by atoms with Crippen molar-refractivity contribution in [3.05, 3.63) is 0 Å². The predicted octanol–water partition coefficient (Wildman–Crippen LogP) is -4.40. The van der Waals surface area contributed by atoms with Crippen LogP contribution < -0.4 is 24.8 Å². The molecule has 0 bridgehead atoms. The Morgan fingerprint density at radius 2 is 0.769 bits per heavy atom. The summed E-state index contributed by atoms with van der Waals surface area (Å²) in [4.78, 5) is 0. The van der Waals surface area contributed by atoms with Crippen LogP contribution in [0.4, 0.5) is 0 Å². The van der Waals surface area contributed by atoms with Crippen LogP contribution in [0, 0.1) is 0 Å². The topological polar surface area (TPSA) is 18.5 Å². The summed E-state index contributed by atoms with van der Waals surface area (Å²) in [6.07, 6.45) is 5.11. The minimum atomic E-state index is 0. The van der Waals surface area contributed by atoms with Crippen LogP contribution in [0.25, 0.3) is 0 Å². The van der Waals surface area contributed by atoms with E-state index in [1.807, 2.05) is 0 Å². The molecular formula is C8H16Cl2NiO2. The Bertz CT molecular complexity index is 53.3. The van der Waals surface area contributed by atoms with Gasteiger partial charge in [-0.3, -0.25) is 0 Å². The van der Waals surface area contributed by atoms with E-state index in [4.69, 9.17) is 9.47 Å². The van der Waals surface area contributed by atoms with E-state index in [2.05, 4.69) is 0 Å². The Labute approximate surface area is 103 Å². The molecule has 0 atom stereocenters. The molecule has 0 amide bonds. The van der Waals surface area contributed by atoms with Crippen molar-refractivity contribution in [2.75, 3.05) is 26.4 Å². The molecular weight excluding hydrogens is 258 g/mol. The van der Waals surface area contributed by atoms with Crippen molar-refractivity contribution in [3.63, 3.8) is 0 Å². The quantitative estimate of drug-likeness (QED) is 0.415. The van der Waals surface area contributed by atoms with E-state index in [0.717, 1.165) is 26.4 Å². The monoisotopic (exact) mass is 272 g/mol. The molecule has 2 aliphatic heterocycles. The molecule has 2 saturated heterocycles. The Kier molecular flexibility index (Phi) is 23.3. The summed E-state index contributed by atoms with van der Waals surface area (Å²) in [6.45, 7) is 4.00. The smallest absolute Gasteiger partial charge is 1.00 e. The summed E-state index contributed by atoms with van der Waals surface area (Å²) in [6, 6.07) is 0. The molecule has 2 nitrogen and oxygen atoms in total. The SMILES string of the molecule is C1CCOC1.C1CCOC1.[Cl-].[Cl-].[Ni+2]. The Morgan fingerprint density at radius 3 is 0.846 bits per heavy atom. The largest absolute Gasteiger partial charge is 2.00 e. The third-order valence-corrected chi connectivity index (χ3v) is 1.65. The Balaban J connectivity index is -0.000000125. The van der Waals surface area contributed by atoms with Gasteiger partial charge in [0.25, 0.3) is 0 Å². The number of hydrogen-bond donors (Lipinski definition) is 0. The van der Waals surface area contributed by atoms with Crippen molar-refractivity contribution >= 4 is 0 Å². The molecule has 2 fully saturated rings. The average Bonchev–Trinajstić information content (AvgIpc) is 2.67. The van der Waals surface area contributed by atoms with Crippen molar-refractivity contribution in [1.29, 1.82) is 0 Å². The summed E-state index contributed by atoms with van der Waals surface area (Å²) in [7, 11) is 0. The zero-order chi connectivity index (χ0) is 7.07. The molecule has 84 valence electrons. The predicted molar refractivity (Wildman–Crippen MR) is 40.1 cm³/mol. The van der Waals surface area contributed by atoms with Crippen molar-refractivity contribution in [1.82, 2.24) is 0 Å². The zero-order valence-corrected chi connectivity index (χ0v) is 10.0. The average molecular weight is 274 g/mol. The second-order valence-electron chi connectivity index (χ2n) is 2.64. The number of hydrogen-bond acceptors (Lipinski definition) is 2. The van der Waals surface area contributed by atoms with Gasteiger partial charge in [-0.2, -0.15) is 0 Å². The summed E-state index contributed by atoms with van der Waals surface area (Å²) < 4.78 is 9.89. The Hall–Kier alpha value is 0.994. The van der Waals surface area contributed by atoms with Crippen LogP contribution in [-0.4, -0.2) is 26.4 Å². The normalized spacial score (nSPS) is 18.5. The fourth-order valence-electron chi connectivity index (χ4n) is 1.02. The van der Waals surface area contributed by atoms with Crippen LogP contribution in [0.3, 0.4) is 0 Å². The van der Waals surface area contributed by atoms with Gasteiger partial charge in [0.05, 0.1) is 0 Å². The summed E-state index contributed by atoms with van der Waals surface area (Å²) in [5.41, 5.74) is 0. The van der Waals surface area contributed by atoms with Crippen molar-refractivity contribution in [2.24, 2.45) is 0 Å². The minimum absolute atomic E-state index is 0. The van der Waals surface area contributed by atoms with Gasteiger partial charge in [0.15, 0.2) is 0 Å². The van der Waals surface area contributed by atoms with E-state index in [-0.39, 0.29) is 41.3 Å². The van der Waals surface area contributed by atoms with E-state index >= 15 is 0 Å². The Morgan fingerprint density at radius 1 is 0.538 bits per heavy atom. The maximum Gasteiger partial charge on any atom is 2.00 e. The fraction of sp³-hybridized carbons (Fsp3) is 1.00. The maximum atomic E-state index is 4.94. The number of ether oxygens (including phenoxy) is 2. The van der Waals surface area contributed by atoms with E-state index in [1.165, 1.54) is 25.7 Å². The van der Waals surface area contributed by atoms with E-state index in [1.54, 1.807) is 0 Å². The molecule has 0 aliphatic carbocycles. The summed E-state index contributed by atoms with van der Waals surface area (Å²) in [5, 5.41) is 0. The second kappa shape index (κ2) is 15.5. The first-order valence-corrected chi connectivity index (χ1v) is 4.15. The van der Waals surface area contributed by atoms with Crippen LogP contribution in [0.1, 0.15) is 25.7 Å². The molecule has 0 aromatic rings. The van der Waals surface area contributed by atoms with Crippen molar-refractivity contribution < 1.29 is 50.8 Å². The fourth-order valence-corrected chi connectivity index (χ4v) is 1.02. The minimum Gasteiger partial charge on any atom is -1.00 e. The van der Waals surface area contributed by atoms with Crippen LogP contribution in [0.15, 0.2) is 0 Å². The van der Waals surface area contributed by atoms with Gasteiger partial charge < -0.3 is 34.3 Å². The van der Waals surface area contributed by atoms with Gasteiger partial charge in [0.2, 0.25) is 0 Å². The molecule has 13 heavy (non-hydrogen) atoms. The van der Waals surface area contributed by atoms with Crippen LogP contribution in [0.5, 0.6) is 0 Å². The summed E-state index contributed by atoms with van der Waals surface area (Å²) >= 11 is 0. The van der Waals surface area contributed by atoms with Gasteiger partial charge >= 0.3 is 16.5 Å². The second-order valence-corrected chi connectivity index (χ2v) is 2.64. The molecule has 0 aromatic heterocycles. The third-order valence-electron chi connectivity index (χ3n) is 1.65. The molecule has 0 unspecified atom stereocenters. The van der Waals surface area contributed by atoms with Gasteiger partial charge in [-0.15, -0.1) is 0 Å². The number of rotatable bonds is 0. The van der Waals surface area contributed by atoms with Gasteiger partial charge in [0.1, 0.15) is 0 Å².